The highest BCUT2D eigenvalue weighted by atomic mass is 16.5. The van der Waals surface area contributed by atoms with E-state index < -0.39 is 0 Å². The first-order valence-corrected chi connectivity index (χ1v) is 8.31. The minimum absolute atomic E-state index is 0.151. The zero-order valence-corrected chi connectivity index (χ0v) is 13.1. The lowest BCUT2D eigenvalue weighted by Crippen LogP contribution is -2.42. The van der Waals surface area contributed by atoms with Crippen LogP contribution in [0.25, 0.3) is 0 Å². The Hall–Kier alpha value is -0.160. The molecule has 0 aromatic rings. The van der Waals surface area contributed by atoms with Crippen LogP contribution in [0.5, 0.6) is 0 Å². The minimum Gasteiger partial charge on any atom is -0.392 e. The molecule has 3 aliphatic rings. The number of likely N-dealkylation sites (N-methyl/N-ethyl adjacent to an activating group) is 1. The van der Waals surface area contributed by atoms with Crippen molar-refractivity contribution in [2.45, 2.75) is 68.8 Å². The highest BCUT2D eigenvalue weighted by Crippen LogP contribution is 2.43. The summed E-state index contributed by atoms with van der Waals surface area (Å²) in [5, 5.41) is 9.96. The molecule has 1 saturated carbocycles. The molecule has 1 spiro atoms. The summed E-state index contributed by atoms with van der Waals surface area (Å²) in [6.07, 6.45) is 8.85. The van der Waals surface area contributed by atoms with Gasteiger partial charge in [0.2, 0.25) is 0 Å². The van der Waals surface area contributed by atoms with Crippen LogP contribution in [0, 0.1) is 0 Å². The van der Waals surface area contributed by atoms with Gasteiger partial charge in [-0.15, -0.1) is 0 Å². The van der Waals surface area contributed by atoms with Gasteiger partial charge in [-0.3, -0.25) is 4.90 Å². The van der Waals surface area contributed by atoms with E-state index in [9.17, 15) is 5.11 Å². The molecule has 2 aliphatic heterocycles. The molecule has 0 aromatic carbocycles. The number of hydrogen-bond donors (Lipinski definition) is 1. The summed E-state index contributed by atoms with van der Waals surface area (Å²) < 4.78 is 6.42. The van der Waals surface area contributed by atoms with E-state index in [-0.39, 0.29) is 11.7 Å². The van der Waals surface area contributed by atoms with E-state index in [2.05, 4.69) is 23.9 Å². The summed E-state index contributed by atoms with van der Waals surface area (Å²) in [4.78, 5) is 4.69. The number of rotatable bonds is 4. The number of aliphatic hydroxyl groups excluding tert-OH is 1. The number of likely N-dealkylation sites (tertiary alicyclic amines) is 1. The van der Waals surface area contributed by atoms with Crippen LogP contribution in [-0.4, -0.2) is 72.5 Å². The number of aliphatic hydroxyl groups is 1. The van der Waals surface area contributed by atoms with Crippen molar-refractivity contribution in [1.29, 1.82) is 0 Å². The van der Waals surface area contributed by atoms with Crippen LogP contribution in [0.3, 0.4) is 0 Å². The standard InChI is InChI=1S/C16H30N2O2/c1-17(2)10-13-9-14(19)11-18(13)12-15-5-8-16(20-15)6-3-4-7-16/h13-15,19H,3-12H2,1-2H3. The number of β-amino-alcohol motifs (C(OH)–C–C–N with tert-alkyl or cyclic N) is 1. The molecule has 0 radical (unpaired) electrons. The summed E-state index contributed by atoms with van der Waals surface area (Å²) in [5.74, 6) is 0. The number of ether oxygens (including phenoxy) is 1. The van der Waals surface area contributed by atoms with Crippen LogP contribution in [0.1, 0.15) is 44.9 Å². The molecule has 116 valence electrons. The van der Waals surface area contributed by atoms with E-state index >= 15 is 0 Å². The molecule has 0 bridgehead atoms. The second-order valence-corrected chi connectivity index (χ2v) is 7.43. The van der Waals surface area contributed by atoms with Crippen molar-refractivity contribution in [2.75, 3.05) is 33.7 Å². The molecule has 0 aromatic heterocycles. The molecule has 2 saturated heterocycles. The van der Waals surface area contributed by atoms with Crippen LogP contribution >= 0.6 is 0 Å². The molecule has 20 heavy (non-hydrogen) atoms. The van der Waals surface area contributed by atoms with Crippen molar-refractivity contribution >= 4 is 0 Å². The maximum absolute atomic E-state index is 9.96. The van der Waals surface area contributed by atoms with Crippen molar-refractivity contribution < 1.29 is 9.84 Å². The van der Waals surface area contributed by atoms with E-state index in [1.54, 1.807) is 0 Å². The summed E-state index contributed by atoms with van der Waals surface area (Å²) in [6, 6.07) is 0.490. The lowest BCUT2D eigenvalue weighted by Gasteiger charge is -2.30. The monoisotopic (exact) mass is 282 g/mol. The van der Waals surface area contributed by atoms with E-state index in [0.29, 0.717) is 12.1 Å². The largest absolute Gasteiger partial charge is 0.392 e. The average molecular weight is 282 g/mol. The average Bonchev–Trinajstić information content (AvgIpc) is 3.05. The second-order valence-electron chi connectivity index (χ2n) is 7.43. The molecule has 1 N–H and O–H groups in total. The van der Waals surface area contributed by atoms with Crippen LogP contribution in [0.4, 0.5) is 0 Å². The van der Waals surface area contributed by atoms with Crippen LogP contribution in [0.2, 0.25) is 0 Å². The normalized spacial score (nSPS) is 37.5. The predicted molar refractivity (Wildman–Crippen MR) is 79.8 cm³/mol. The Morgan fingerprint density at radius 2 is 2.00 bits per heavy atom. The Morgan fingerprint density at radius 1 is 1.25 bits per heavy atom. The fourth-order valence-electron chi connectivity index (χ4n) is 4.47. The maximum Gasteiger partial charge on any atom is 0.0710 e. The van der Waals surface area contributed by atoms with Crippen molar-refractivity contribution in [2.24, 2.45) is 0 Å². The van der Waals surface area contributed by atoms with E-state index in [0.717, 1.165) is 26.1 Å². The first-order valence-electron chi connectivity index (χ1n) is 8.31. The van der Waals surface area contributed by atoms with E-state index in [4.69, 9.17) is 4.74 Å². The SMILES string of the molecule is CN(C)CC1CC(O)CN1CC1CCC2(CCCC2)O1. The highest BCUT2D eigenvalue weighted by molar-refractivity contribution is 4.95. The van der Waals surface area contributed by atoms with Gasteiger partial charge in [0.25, 0.3) is 0 Å². The molecule has 2 heterocycles. The third-order valence-corrected chi connectivity index (χ3v) is 5.37. The van der Waals surface area contributed by atoms with Gasteiger partial charge in [-0.25, -0.2) is 0 Å². The summed E-state index contributed by atoms with van der Waals surface area (Å²) in [5.41, 5.74) is 0.236. The van der Waals surface area contributed by atoms with Crippen molar-refractivity contribution in [3.63, 3.8) is 0 Å². The Balaban J connectivity index is 1.54. The van der Waals surface area contributed by atoms with Crippen LogP contribution in [-0.2, 0) is 4.74 Å². The maximum atomic E-state index is 9.96. The van der Waals surface area contributed by atoms with E-state index in [1.807, 2.05) is 0 Å². The molecule has 4 nitrogen and oxygen atoms in total. The third kappa shape index (κ3) is 3.19. The predicted octanol–water partition coefficient (Wildman–Crippen LogP) is 1.47. The Morgan fingerprint density at radius 3 is 2.70 bits per heavy atom. The zero-order valence-electron chi connectivity index (χ0n) is 13.1. The fourth-order valence-corrected chi connectivity index (χ4v) is 4.47. The number of hydrogen-bond acceptors (Lipinski definition) is 4. The van der Waals surface area contributed by atoms with Gasteiger partial charge in [-0.1, -0.05) is 12.8 Å². The zero-order chi connectivity index (χ0) is 14.2. The van der Waals surface area contributed by atoms with Crippen LogP contribution < -0.4 is 0 Å². The lowest BCUT2D eigenvalue weighted by molar-refractivity contribution is -0.0495. The van der Waals surface area contributed by atoms with E-state index in [1.165, 1.54) is 38.5 Å². The Labute approximate surface area is 123 Å². The molecule has 3 atom stereocenters. The van der Waals surface area contributed by atoms with Crippen LogP contribution in [0.15, 0.2) is 0 Å². The van der Waals surface area contributed by atoms with Gasteiger partial charge in [0, 0.05) is 25.7 Å². The van der Waals surface area contributed by atoms with Crippen molar-refractivity contribution in [3.8, 4) is 0 Å². The molecule has 1 aliphatic carbocycles. The molecule has 3 fully saturated rings. The quantitative estimate of drug-likeness (QED) is 0.847. The molecule has 0 amide bonds. The second kappa shape index (κ2) is 5.91. The van der Waals surface area contributed by atoms with Crippen molar-refractivity contribution in [1.82, 2.24) is 9.80 Å². The van der Waals surface area contributed by atoms with Gasteiger partial charge < -0.3 is 14.7 Å². The first-order chi connectivity index (χ1) is 9.56. The molecule has 4 heteroatoms. The first kappa shape index (κ1) is 14.8. The summed E-state index contributed by atoms with van der Waals surface area (Å²) in [6.45, 7) is 2.87. The van der Waals surface area contributed by atoms with Gasteiger partial charge in [-0.05, 0) is 46.2 Å². The highest BCUT2D eigenvalue weighted by Gasteiger charge is 2.43. The minimum atomic E-state index is -0.151. The molecular weight excluding hydrogens is 252 g/mol. The fraction of sp³-hybridized carbons (Fsp3) is 1.00. The van der Waals surface area contributed by atoms with Gasteiger partial charge in [0.1, 0.15) is 0 Å². The Bertz CT molecular complexity index is 328. The van der Waals surface area contributed by atoms with Crippen molar-refractivity contribution in [3.05, 3.63) is 0 Å². The van der Waals surface area contributed by atoms with Gasteiger partial charge in [0.05, 0.1) is 17.8 Å². The molecule has 3 rings (SSSR count). The Kier molecular flexibility index (Phi) is 4.37. The topological polar surface area (TPSA) is 35.9 Å². The molecule has 3 unspecified atom stereocenters. The van der Waals surface area contributed by atoms with Gasteiger partial charge in [0.15, 0.2) is 0 Å². The molecular formula is C16H30N2O2. The van der Waals surface area contributed by atoms with Gasteiger partial charge in [-0.2, -0.15) is 0 Å². The third-order valence-electron chi connectivity index (χ3n) is 5.37. The summed E-state index contributed by atoms with van der Waals surface area (Å²) >= 11 is 0. The number of nitrogens with zero attached hydrogens (tertiary/aromatic N) is 2. The summed E-state index contributed by atoms with van der Waals surface area (Å²) in [7, 11) is 4.23. The lowest BCUT2D eigenvalue weighted by atomic mass is 9.98. The van der Waals surface area contributed by atoms with Gasteiger partial charge >= 0.3 is 0 Å². The smallest absolute Gasteiger partial charge is 0.0710 e.